The van der Waals surface area contributed by atoms with Crippen LogP contribution in [-0.4, -0.2) is 32.8 Å². The maximum atomic E-state index is 4.09. The fraction of sp³-hybridized carbons (Fsp3) is 0.125. The van der Waals surface area contributed by atoms with Gasteiger partial charge in [-0.3, -0.25) is 4.68 Å². The molecule has 1 aromatic heterocycles. The minimum atomic E-state index is 0. The smallest absolute Gasteiger partial charge is 1.00 e. The minimum Gasteiger partial charge on any atom is -1.00 e. The van der Waals surface area contributed by atoms with Crippen LogP contribution in [0.1, 0.15) is 0 Å². The molecule has 2 nitrogen and oxygen atoms in total. The zero-order chi connectivity index (χ0) is 6.97. The van der Waals surface area contributed by atoms with Crippen molar-refractivity contribution in [3.05, 3.63) is 30.5 Å². The second-order valence-corrected chi connectivity index (χ2v) is 2.25. The second-order valence-electron chi connectivity index (χ2n) is 2.25. The van der Waals surface area contributed by atoms with Crippen LogP contribution < -0.4 is 17.0 Å². The van der Waals surface area contributed by atoms with Crippen LogP contribution in [0.15, 0.2) is 24.4 Å². The van der Waals surface area contributed by atoms with E-state index in [1.165, 1.54) is 0 Å². The van der Waals surface area contributed by atoms with Gasteiger partial charge in [-0.05, 0) is 5.52 Å². The van der Waals surface area contributed by atoms with Crippen LogP contribution in [0.2, 0.25) is 0 Å². The molecule has 0 amide bonds. The zero-order valence-corrected chi connectivity index (χ0v) is 9.79. The molecule has 0 aliphatic carbocycles. The Morgan fingerprint density at radius 2 is 2.25 bits per heavy atom. The predicted octanol–water partition coefficient (Wildman–Crippen LogP) is -2.00. The number of hydrogen-bond acceptors (Lipinski definition) is 1. The second kappa shape index (κ2) is 4.84. The summed E-state index contributed by atoms with van der Waals surface area (Å²) in [4.78, 5) is 0. The van der Waals surface area contributed by atoms with Gasteiger partial charge in [0.1, 0.15) is 0 Å². The monoisotopic (exact) mass is 234 g/mol. The Kier molecular flexibility index (Phi) is 4.81. The number of hydrogen-bond donors (Lipinski definition) is 0. The molecule has 58 valence electrons. The Morgan fingerprint density at radius 1 is 1.50 bits per heavy atom. The summed E-state index contributed by atoms with van der Waals surface area (Å²) in [6.07, 6.45) is 1.84. The van der Waals surface area contributed by atoms with Crippen LogP contribution in [0.25, 0.3) is 10.9 Å². The van der Waals surface area contributed by atoms with Crippen molar-refractivity contribution < 1.29 is 17.0 Å². The standard InChI is InChI=1S/C8H7N2.BrH.Mg/c1-10-8-5-3-2-4-7(8)6-9-10;;/h3-6H,1H3;1H;/q-1;;+2/p-1. The summed E-state index contributed by atoms with van der Waals surface area (Å²) in [7, 11) is 1.93. The molecule has 2 rings (SSSR count). The van der Waals surface area contributed by atoms with Crippen LogP contribution in [0.4, 0.5) is 0 Å². The average Bonchev–Trinajstić information content (AvgIpc) is 2.34. The van der Waals surface area contributed by atoms with E-state index in [1.807, 2.05) is 36.1 Å². The zero-order valence-electron chi connectivity index (χ0n) is 6.79. The van der Waals surface area contributed by atoms with Gasteiger partial charge in [0.15, 0.2) is 0 Å². The third-order valence-corrected chi connectivity index (χ3v) is 1.59. The molecule has 1 heterocycles. The number of aryl methyl sites for hydroxylation is 1. The Labute approximate surface area is 97.9 Å². The van der Waals surface area contributed by atoms with E-state index in [0.717, 1.165) is 10.9 Å². The van der Waals surface area contributed by atoms with Crippen LogP contribution in [0.5, 0.6) is 0 Å². The molecular weight excluding hydrogens is 228 g/mol. The summed E-state index contributed by atoms with van der Waals surface area (Å²) in [6, 6.07) is 8.82. The van der Waals surface area contributed by atoms with Gasteiger partial charge in [0.05, 0.1) is 0 Å². The molecule has 0 unspecified atom stereocenters. The maximum Gasteiger partial charge on any atom is 2.00 e. The molecule has 1 aromatic carbocycles. The summed E-state index contributed by atoms with van der Waals surface area (Å²) in [5.74, 6) is 0. The van der Waals surface area contributed by atoms with Crippen molar-refractivity contribution in [2.45, 2.75) is 0 Å². The average molecular weight is 235 g/mol. The van der Waals surface area contributed by atoms with Crippen molar-refractivity contribution in [1.29, 1.82) is 0 Å². The van der Waals surface area contributed by atoms with Crippen molar-refractivity contribution in [2.24, 2.45) is 7.05 Å². The molecule has 0 N–H and O–H groups in total. The minimum absolute atomic E-state index is 0. The molecule has 0 spiro atoms. The third-order valence-electron chi connectivity index (χ3n) is 1.59. The van der Waals surface area contributed by atoms with E-state index >= 15 is 0 Å². The van der Waals surface area contributed by atoms with Gasteiger partial charge in [-0.1, -0.05) is 5.39 Å². The molecule has 0 radical (unpaired) electrons. The molecule has 2 aromatic rings. The van der Waals surface area contributed by atoms with Crippen molar-refractivity contribution in [2.75, 3.05) is 0 Å². The number of halogens is 1. The molecule has 12 heavy (non-hydrogen) atoms. The number of rotatable bonds is 0. The summed E-state index contributed by atoms with van der Waals surface area (Å²) in [6.45, 7) is 0. The SMILES string of the molecule is Cn1ncc2c[c-]ccc21.[Br-].[Mg+2]. The van der Waals surface area contributed by atoms with Crippen molar-refractivity contribution in [1.82, 2.24) is 9.78 Å². The van der Waals surface area contributed by atoms with Crippen molar-refractivity contribution in [3.63, 3.8) is 0 Å². The van der Waals surface area contributed by atoms with Crippen molar-refractivity contribution >= 4 is 34.0 Å². The first-order chi connectivity index (χ1) is 4.88. The molecule has 0 saturated heterocycles. The summed E-state index contributed by atoms with van der Waals surface area (Å²) >= 11 is 0. The summed E-state index contributed by atoms with van der Waals surface area (Å²) < 4.78 is 1.85. The van der Waals surface area contributed by atoms with Gasteiger partial charge in [-0.25, -0.2) is 0 Å². The first-order valence-electron chi connectivity index (χ1n) is 3.16. The van der Waals surface area contributed by atoms with E-state index < -0.39 is 0 Å². The fourth-order valence-corrected chi connectivity index (χ4v) is 1.04. The van der Waals surface area contributed by atoms with Gasteiger partial charge in [-0.2, -0.15) is 23.3 Å². The van der Waals surface area contributed by atoms with Gasteiger partial charge in [0, 0.05) is 13.2 Å². The van der Waals surface area contributed by atoms with E-state index in [-0.39, 0.29) is 40.0 Å². The Hall–Kier alpha value is -0.0638. The number of aromatic nitrogens is 2. The van der Waals surface area contributed by atoms with E-state index in [9.17, 15) is 0 Å². The molecule has 0 aliphatic heterocycles. The quantitative estimate of drug-likeness (QED) is 0.381. The number of fused-ring (bicyclic) bond motifs is 1. The van der Waals surface area contributed by atoms with Crippen LogP contribution in [0.3, 0.4) is 0 Å². The maximum absolute atomic E-state index is 4.09. The summed E-state index contributed by atoms with van der Waals surface area (Å²) in [5, 5.41) is 5.24. The van der Waals surface area contributed by atoms with Gasteiger partial charge in [-0.15, -0.1) is 6.07 Å². The first-order valence-corrected chi connectivity index (χ1v) is 3.16. The van der Waals surface area contributed by atoms with E-state index in [0.29, 0.717) is 0 Å². The Balaban J connectivity index is 0.000000605. The fourth-order valence-electron chi connectivity index (χ4n) is 1.04. The molecule has 0 fully saturated rings. The van der Waals surface area contributed by atoms with Crippen LogP contribution >= 0.6 is 0 Å². The molecular formula is C8H7BrMgN2. The Morgan fingerprint density at radius 3 is 2.92 bits per heavy atom. The van der Waals surface area contributed by atoms with Gasteiger partial charge in [0.25, 0.3) is 0 Å². The molecule has 0 bridgehead atoms. The first kappa shape index (κ1) is 11.9. The third kappa shape index (κ3) is 2.00. The van der Waals surface area contributed by atoms with Crippen molar-refractivity contribution in [3.8, 4) is 0 Å². The molecule has 0 saturated carbocycles. The predicted molar refractivity (Wildman–Crippen MR) is 45.3 cm³/mol. The van der Waals surface area contributed by atoms with Gasteiger partial charge < -0.3 is 17.0 Å². The van der Waals surface area contributed by atoms with E-state index in [2.05, 4.69) is 11.2 Å². The van der Waals surface area contributed by atoms with Crippen LogP contribution in [0, 0.1) is 6.07 Å². The number of benzene rings is 1. The van der Waals surface area contributed by atoms with Crippen LogP contribution in [-0.2, 0) is 7.05 Å². The normalized spacial score (nSPS) is 8.75. The summed E-state index contributed by atoms with van der Waals surface area (Å²) in [5.41, 5.74) is 1.15. The molecule has 0 aliphatic rings. The molecule has 0 atom stereocenters. The Bertz CT molecular complexity index is 359. The van der Waals surface area contributed by atoms with E-state index in [1.54, 1.807) is 0 Å². The van der Waals surface area contributed by atoms with Gasteiger partial charge in [0.2, 0.25) is 0 Å². The number of nitrogens with zero attached hydrogens (tertiary/aromatic N) is 2. The largest absolute Gasteiger partial charge is 2.00 e. The van der Waals surface area contributed by atoms with Gasteiger partial charge >= 0.3 is 23.1 Å². The van der Waals surface area contributed by atoms with E-state index in [4.69, 9.17) is 0 Å². The topological polar surface area (TPSA) is 17.8 Å². The molecule has 4 heteroatoms.